The van der Waals surface area contributed by atoms with Gasteiger partial charge in [0.25, 0.3) is 10.1 Å². The van der Waals surface area contributed by atoms with Crippen molar-refractivity contribution in [2.45, 2.75) is 12.0 Å². The van der Waals surface area contributed by atoms with E-state index in [9.17, 15) is 18.3 Å². The third-order valence-electron chi connectivity index (χ3n) is 2.69. The Kier molecular flexibility index (Phi) is 7.41. The third-order valence-corrected chi connectivity index (χ3v) is 3.53. The molecule has 0 spiro atoms. The Labute approximate surface area is 110 Å². The minimum Gasteiger partial charge on any atom is -0.480 e. The molecule has 0 bridgehead atoms. The first-order chi connectivity index (χ1) is 8.73. The lowest BCUT2D eigenvalue weighted by molar-refractivity contribution is -0.152. The van der Waals surface area contributed by atoms with Crippen molar-refractivity contribution in [3.05, 3.63) is 0 Å². The molecule has 0 aromatic heterocycles. The summed E-state index contributed by atoms with van der Waals surface area (Å²) in [6, 6.07) is 0. The quantitative estimate of drug-likeness (QED) is 0.272. The number of aliphatic carboxylic acids is 1. The molecule has 0 aliphatic rings. The van der Waals surface area contributed by atoms with Crippen molar-refractivity contribution in [3.63, 3.8) is 0 Å². The van der Waals surface area contributed by atoms with Crippen molar-refractivity contribution in [3.8, 4) is 0 Å². The smallest absolute Gasteiger partial charge is 0.325 e. The van der Waals surface area contributed by atoms with E-state index in [0.29, 0.717) is 0 Å². The van der Waals surface area contributed by atoms with Crippen LogP contribution in [0.5, 0.6) is 0 Å². The molecule has 0 unspecified atom stereocenters. The highest BCUT2D eigenvalue weighted by atomic mass is 32.2. The van der Waals surface area contributed by atoms with Crippen LogP contribution in [0, 0.1) is 0 Å². The Morgan fingerprint density at radius 1 is 1.05 bits per heavy atom. The number of hydrogen-bond donors (Lipinski definition) is 5. The Balaban J connectivity index is 5.57. The van der Waals surface area contributed by atoms with E-state index >= 15 is 0 Å². The Morgan fingerprint density at radius 2 is 1.53 bits per heavy atom. The van der Waals surface area contributed by atoms with E-state index in [1.807, 2.05) is 0 Å². The van der Waals surface area contributed by atoms with Gasteiger partial charge in [0.05, 0.1) is 13.2 Å². The van der Waals surface area contributed by atoms with Crippen LogP contribution in [0.1, 0.15) is 6.42 Å². The first-order valence-electron chi connectivity index (χ1n) is 5.49. The number of carboxylic acid groups (broad SMARTS) is 1. The average molecular weight is 301 g/mol. The van der Waals surface area contributed by atoms with Crippen LogP contribution in [-0.2, 0) is 14.9 Å². The lowest BCUT2D eigenvalue weighted by Gasteiger charge is -2.39. The van der Waals surface area contributed by atoms with E-state index in [1.165, 1.54) is 0 Å². The fourth-order valence-corrected chi connectivity index (χ4v) is 2.95. The zero-order chi connectivity index (χ0) is 15.1. The van der Waals surface area contributed by atoms with E-state index < -0.39 is 53.6 Å². The van der Waals surface area contributed by atoms with Gasteiger partial charge in [-0.05, 0) is 0 Å². The average Bonchev–Trinajstić information content (AvgIpc) is 2.26. The summed E-state index contributed by atoms with van der Waals surface area (Å²) in [5, 5.41) is 36.0. The van der Waals surface area contributed by atoms with E-state index in [-0.39, 0.29) is 13.1 Å². The number of carbonyl (C=O) groups is 1. The summed E-state index contributed by atoms with van der Waals surface area (Å²) in [7, 11) is -4.63. The van der Waals surface area contributed by atoms with Crippen LogP contribution in [0.4, 0.5) is 0 Å². The molecule has 0 aliphatic heterocycles. The molecule has 0 aromatic rings. The number of aliphatic hydroxyl groups is 3. The van der Waals surface area contributed by atoms with E-state index in [1.54, 1.807) is 0 Å². The zero-order valence-corrected chi connectivity index (χ0v) is 11.1. The molecule has 0 aliphatic carbocycles. The van der Waals surface area contributed by atoms with Gasteiger partial charge in [0.1, 0.15) is 11.3 Å². The molecule has 0 heterocycles. The molecule has 0 radical (unpaired) electrons. The van der Waals surface area contributed by atoms with Gasteiger partial charge in [-0.15, -0.1) is 0 Å². The maximum Gasteiger partial charge on any atom is 0.325 e. The lowest BCUT2D eigenvalue weighted by Crippen LogP contribution is -2.60. The minimum atomic E-state index is -4.63. The minimum absolute atomic E-state index is 0.220. The van der Waals surface area contributed by atoms with Gasteiger partial charge in [0.2, 0.25) is 0 Å². The molecule has 0 amide bonds. The summed E-state index contributed by atoms with van der Waals surface area (Å²) in [4.78, 5) is 12.4. The second kappa shape index (κ2) is 7.72. The first-order valence-corrected chi connectivity index (χ1v) is 7.10. The molecule has 1 atom stereocenters. The number of rotatable bonds is 10. The molecule has 114 valence electrons. The van der Waals surface area contributed by atoms with Crippen LogP contribution in [0.3, 0.4) is 0 Å². The zero-order valence-electron chi connectivity index (χ0n) is 10.3. The molecule has 9 nitrogen and oxygen atoms in total. The Hall–Kier alpha value is -0.780. The van der Waals surface area contributed by atoms with Crippen molar-refractivity contribution in [2.24, 2.45) is 0 Å². The van der Waals surface area contributed by atoms with Crippen molar-refractivity contribution in [1.29, 1.82) is 0 Å². The molecule has 19 heavy (non-hydrogen) atoms. The molecule has 0 fully saturated rings. The summed E-state index contributed by atoms with van der Waals surface area (Å²) in [5.74, 6) is -2.71. The molecule has 0 saturated carbocycles. The van der Waals surface area contributed by atoms with Crippen LogP contribution >= 0.6 is 0 Å². The van der Waals surface area contributed by atoms with Gasteiger partial charge >= 0.3 is 5.97 Å². The van der Waals surface area contributed by atoms with Crippen LogP contribution in [0.15, 0.2) is 0 Å². The maximum absolute atomic E-state index is 11.4. The van der Waals surface area contributed by atoms with Gasteiger partial charge in [0.15, 0.2) is 0 Å². The van der Waals surface area contributed by atoms with E-state index in [0.717, 1.165) is 4.90 Å². The summed E-state index contributed by atoms with van der Waals surface area (Å²) in [6.07, 6.45) is -0.470. The lowest BCUT2D eigenvalue weighted by atomic mass is 9.95. The number of hydrogen-bond acceptors (Lipinski definition) is 7. The second-order valence-corrected chi connectivity index (χ2v) is 5.42. The normalized spacial score (nSPS) is 15.4. The van der Waals surface area contributed by atoms with Crippen LogP contribution < -0.4 is 0 Å². The third kappa shape index (κ3) is 5.38. The van der Waals surface area contributed by atoms with Gasteiger partial charge in [-0.2, -0.15) is 8.42 Å². The van der Waals surface area contributed by atoms with E-state index in [2.05, 4.69) is 0 Å². The number of aliphatic hydroxyl groups excluding tert-OH is 3. The fourth-order valence-electron chi connectivity index (χ4n) is 1.89. The number of β-amino-alcohol motifs (C(OH)–C–C–N with tert-alkyl or cyclic N) is 2. The van der Waals surface area contributed by atoms with Gasteiger partial charge in [-0.1, -0.05) is 0 Å². The predicted octanol–water partition coefficient (Wildman–Crippen LogP) is -2.63. The summed E-state index contributed by atoms with van der Waals surface area (Å²) in [6.45, 7) is -2.00. The summed E-state index contributed by atoms with van der Waals surface area (Å²) in [5.41, 5.74) is -2.10. The number of carboxylic acids is 1. The molecule has 10 heteroatoms. The van der Waals surface area contributed by atoms with Gasteiger partial charge in [-0.3, -0.25) is 14.2 Å². The fraction of sp³-hybridized carbons (Fsp3) is 0.889. The predicted molar refractivity (Wildman–Crippen MR) is 64.2 cm³/mol. The number of nitrogens with zero attached hydrogens (tertiary/aromatic N) is 1. The highest BCUT2D eigenvalue weighted by molar-refractivity contribution is 7.85. The van der Waals surface area contributed by atoms with Gasteiger partial charge in [-0.25, -0.2) is 0 Å². The van der Waals surface area contributed by atoms with Crippen LogP contribution in [0.2, 0.25) is 0 Å². The Bertz CT molecular complexity index is 378. The van der Waals surface area contributed by atoms with Crippen LogP contribution in [0.25, 0.3) is 0 Å². The van der Waals surface area contributed by atoms with Crippen molar-refractivity contribution >= 4 is 16.1 Å². The Morgan fingerprint density at radius 3 is 1.79 bits per heavy atom. The highest BCUT2D eigenvalue weighted by Crippen LogP contribution is 2.22. The van der Waals surface area contributed by atoms with E-state index in [4.69, 9.17) is 19.9 Å². The largest absolute Gasteiger partial charge is 0.480 e. The topological polar surface area (TPSA) is 156 Å². The van der Waals surface area contributed by atoms with Crippen molar-refractivity contribution < 1.29 is 38.2 Å². The maximum atomic E-state index is 11.4. The molecule has 0 aromatic carbocycles. The molecular weight excluding hydrogens is 282 g/mol. The first kappa shape index (κ1) is 18.2. The SMILES string of the molecule is O=C(O)[C@](CCO)(CS(=O)(=O)O)N(CCO)CCO. The summed E-state index contributed by atoms with van der Waals surface area (Å²) >= 11 is 0. The van der Waals surface area contributed by atoms with Crippen LogP contribution in [-0.4, -0.2) is 88.5 Å². The van der Waals surface area contributed by atoms with Crippen molar-refractivity contribution in [1.82, 2.24) is 4.90 Å². The molecule has 0 rings (SSSR count). The molecular formula is C9H19NO8S. The van der Waals surface area contributed by atoms with Gasteiger partial charge < -0.3 is 20.4 Å². The van der Waals surface area contributed by atoms with Crippen molar-refractivity contribution in [2.75, 3.05) is 38.7 Å². The second-order valence-electron chi connectivity index (χ2n) is 3.97. The molecule has 5 N–H and O–H groups in total. The summed E-state index contributed by atoms with van der Waals surface area (Å²) < 4.78 is 30.9. The standard InChI is InChI=1S/C9H19NO8S/c11-4-1-9(8(14)15,7-19(16,17)18)10(2-5-12)3-6-13/h11-13H,1-7H2,(H,14,15)(H,16,17,18)/t9-/m0/s1. The molecule has 0 saturated heterocycles. The van der Waals surface area contributed by atoms with Gasteiger partial charge in [0, 0.05) is 26.1 Å². The highest BCUT2D eigenvalue weighted by Gasteiger charge is 2.46. The monoisotopic (exact) mass is 301 g/mol.